The van der Waals surface area contributed by atoms with Gasteiger partial charge in [0.1, 0.15) is 11.5 Å². The quantitative estimate of drug-likeness (QED) is 0.191. The molecule has 0 radical (unpaired) electrons. The van der Waals surface area contributed by atoms with Crippen molar-refractivity contribution in [1.29, 1.82) is 0 Å². The predicted molar refractivity (Wildman–Crippen MR) is 140 cm³/mol. The van der Waals surface area contributed by atoms with Crippen molar-refractivity contribution in [3.05, 3.63) is 145 Å². The summed E-state index contributed by atoms with van der Waals surface area (Å²) in [5, 5.41) is 0. The number of carbonyl (C=O) groups excluding carboxylic acids is 2. The predicted octanol–water partition coefficient (Wildman–Crippen LogP) is 7.46. The van der Waals surface area contributed by atoms with Crippen molar-refractivity contribution in [3.8, 4) is 33.8 Å². The van der Waals surface area contributed by atoms with E-state index in [2.05, 4.69) is 0 Å². The second-order valence-electron chi connectivity index (χ2n) is 8.14. The van der Waals surface area contributed by atoms with Crippen LogP contribution in [0.25, 0.3) is 22.3 Å². The van der Waals surface area contributed by atoms with Crippen LogP contribution in [0.1, 0.15) is 20.7 Å². The Morgan fingerprint density at radius 2 is 0.667 bits per heavy atom. The molecular weight excluding hydrogens is 448 g/mol. The van der Waals surface area contributed by atoms with Crippen LogP contribution in [-0.2, 0) is 0 Å². The van der Waals surface area contributed by atoms with Crippen LogP contribution in [0, 0.1) is 0 Å². The van der Waals surface area contributed by atoms with E-state index in [-0.39, 0.29) is 0 Å². The molecular formula is C32H22O4. The van der Waals surface area contributed by atoms with Crippen molar-refractivity contribution in [2.45, 2.75) is 0 Å². The Hall–Kier alpha value is -4.96. The first-order chi connectivity index (χ1) is 17.7. The zero-order valence-electron chi connectivity index (χ0n) is 19.3. The molecule has 0 heterocycles. The Bertz CT molecular complexity index is 1340. The fourth-order valence-corrected chi connectivity index (χ4v) is 3.77. The third-order valence-corrected chi connectivity index (χ3v) is 5.70. The molecule has 0 amide bonds. The van der Waals surface area contributed by atoms with Gasteiger partial charge in [0, 0.05) is 0 Å². The highest BCUT2D eigenvalue weighted by Gasteiger charge is 2.13. The lowest BCUT2D eigenvalue weighted by molar-refractivity contribution is 0.0720. The van der Waals surface area contributed by atoms with Gasteiger partial charge in [0.2, 0.25) is 0 Å². The second kappa shape index (κ2) is 10.5. The maximum atomic E-state index is 12.6. The standard InChI is InChI=1S/C32H22O4/c33-31(35-29-19-15-25(16-20-29)23-7-3-1-4-8-23)27-11-13-28(14-12-27)32(34)36-30-21-17-26(18-22-30)24-9-5-2-6-10-24/h1-22H. The van der Waals surface area contributed by atoms with E-state index >= 15 is 0 Å². The van der Waals surface area contributed by atoms with Crippen LogP contribution in [0.3, 0.4) is 0 Å². The van der Waals surface area contributed by atoms with Gasteiger partial charge in [0.05, 0.1) is 11.1 Å². The van der Waals surface area contributed by atoms with Gasteiger partial charge < -0.3 is 9.47 Å². The minimum absolute atomic E-state index is 0.339. The molecule has 5 rings (SSSR count). The number of hydrogen-bond donors (Lipinski definition) is 0. The van der Waals surface area contributed by atoms with Crippen molar-refractivity contribution >= 4 is 11.9 Å². The van der Waals surface area contributed by atoms with E-state index in [1.54, 1.807) is 48.5 Å². The van der Waals surface area contributed by atoms with Crippen molar-refractivity contribution in [2.75, 3.05) is 0 Å². The second-order valence-corrected chi connectivity index (χ2v) is 8.14. The Labute approximate surface area is 209 Å². The summed E-state index contributed by atoms with van der Waals surface area (Å²) in [5.74, 6) is -0.109. The molecule has 0 aliphatic carbocycles. The van der Waals surface area contributed by atoms with Gasteiger partial charge in [-0.25, -0.2) is 9.59 Å². The van der Waals surface area contributed by atoms with E-state index in [1.807, 2.05) is 84.9 Å². The molecule has 0 aromatic heterocycles. The Kier molecular flexibility index (Phi) is 6.68. The number of carbonyl (C=O) groups is 2. The molecule has 0 unspecified atom stereocenters. The minimum atomic E-state index is -0.501. The van der Waals surface area contributed by atoms with E-state index in [0.29, 0.717) is 22.6 Å². The van der Waals surface area contributed by atoms with Crippen molar-refractivity contribution in [2.24, 2.45) is 0 Å². The van der Waals surface area contributed by atoms with E-state index in [1.165, 1.54) is 0 Å². The molecule has 5 aromatic carbocycles. The Balaban J connectivity index is 1.19. The summed E-state index contributed by atoms with van der Waals surface area (Å²) < 4.78 is 11.0. The summed E-state index contributed by atoms with van der Waals surface area (Å²) in [6.07, 6.45) is 0. The van der Waals surface area contributed by atoms with E-state index in [9.17, 15) is 9.59 Å². The van der Waals surface area contributed by atoms with Crippen molar-refractivity contribution in [3.63, 3.8) is 0 Å². The summed E-state index contributed by atoms with van der Waals surface area (Å²) in [5.41, 5.74) is 4.92. The van der Waals surface area contributed by atoms with Gasteiger partial charge >= 0.3 is 11.9 Å². The molecule has 36 heavy (non-hydrogen) atoms. The number of benzene rings is 5. The fourth-order valence-electron chi connectivity index (χ4n) is 3.77. The normalized spacial score (nSPS) is 10.4. The van der Waals surface area contributed by atoms with Crippen LogP contribution >= 0.6 is 0 Å². The number of esters is 2. The lowest BCUT2D eigenvalue weighted by Gasteiger charge is -2.08. The van der Waals surface area contributed by atoms with Gasteiger partial charge in [-0.2, -0.15) is 0 Å². The Morgan fingerprint density at radius 1 is 0.361 bits per heavy atom. The van der Waals surface area contributed by atoms with Crippen LogP contribution in [0.5, 0.6) is 11.5 Å². The monoisotopic (exact) mass is 470 g/mol. The molecule has 4 heteroatoms. The molecule has 4 nitrogen and oxygen atoms in total. The molecule has 0 atom stereocenters. The van der Waals surface area contributed by atoms with Crippen molar-refractivity contribution in [1.82, 2.24) is 0 Å². The first-order valence-corrected chi connectivity index (χ1v) is 11.5. The molecule has 174 valence electrons. The van der Waals surface area contributed by atoms with E-state index in [0.717, 1.165) is 22.3 Å². The lowest BCUT2D eigenvalue weighted by Crippen LogP contribution is -2.11. The summed E-state index contributed by atoms with van der Waals surface area (Å²) >= 11 is 0. The molecule has 0 bridgehead atoms. The smallest absolute Gasteiger partial charge is 0.343 e. The maximum absolute atomic E-state index is 12.6. The molecule has 0 saturated heterocycles. The van der Waals surface area contributed by atoms with Gasteiger partial charge in [-0.05, 0) is 70.8 Å². The highest BCUT2D eigenvalue weighted by molar-refractivity contribution is 5.95. The van der Waals surface area contributed by atoms with Gasteiger partial charge in [-0.3, -0.25) is 0 Å². The van der Waals surface area contributed by atoms with Crippen molar-refractivity contribution < 1.29 is 19.1 Å². The van der Waals surface area contributed by atoms with Gasteiger partial charge in [-0.1, -0.05) is 84.9 Å². The third-order valence-electron chi connectivity index (χ3n) is 5.70. The zero-order chi connectivity index (χ0) is 24.7. The molecule has 0 aliphatic heterocycles. The SMILES string of the molecule is O=C(Oc1ccc(-c2ccccc2)cc1)c1ccc(C(=O)Oc2ccc(-c3ccccc3)cc2)cc1. The zero-order valence-corrected chi connectivity index (χ0v) is 19.3. The van der Waals surface area contributed by atoms with Crippen LogP contribution in [0.2, 0.25) is 0 Å². The van der Waals surface area contributed by atoms with Gasteiger partial charge in [0.25, 0.3) is 0 Å². The summed E-state index contributed by atoms with van der Waals surface area (Å²) in [6.45, 7) is 0. The first-order valence-electron chi connectivity index (χ1n) is 11.5. The lowest BCUT2D eigenvalue weighted by atomic mass is 10.1. The highest BCUT2D eigenvalue weighted by Crippen LogP contribution is 2.24. The molecule has 5 aromatic rings. The van der Waals surface area contributed by atoms with E-state index in [4.69, 9.17) is 9.47 Å². The average Bonchev–Trinajstić information content (AvgIpc) is 2.95. The third kappa shape index (κ3) is 5.40. The van der Waals surface area contributed by atoms with Gasteiger partial charge in [0.15, 0.2) is 0 Å². The van der Waals surface area contributed by atoms with Crippen LogP contribution < -0.4 is 9.47 Å². The summed E-state index contributed by atoms with van der Waals surface area (Å²) in [7, 11) is 0. The summed E-state index contributed by atoms with van der Waals surface area (Å²) in [4.78, 5) is 25.1. The molecule has 0 fully saturated rings. The van der Waals surface area contributed by atoms with Crippen LogP contribution in [-0.4, -0.2) is 11.9 Å². The highest BCUT2D eigenvalue weighted by atomic mass is 16.5. The number of rotatable bonds is 6. The molecule has 0 spiro atoms. The molecule has 0 saturated carbocycles. The van der Waals surface area contributed by atoms with E-state index < -0.39 is 11.9 Å². The Morgan fingerprint density at radius 3 is 1.00 bits per heavy atom. The molecule has 0 N–H and O–H groups in total. The minimum Gasteiger partial charge on any atom is -0.423 e. The largest absolute Gasteiger partial charge is 0.423 e. The number of hydrogen-bond acceptors (Lipinski definition) is 4. The van der Waals surface area contributed by atoms with Gasteiger partial charge in [-0.15, -0.1) is 0 Å². The topological polar surface area (TPSA) is 52.6 Å². The first kappa shape index (κ1) is 22.8. The maximum Gasteiger partial charge on any atom is 0.343 e. The average molecular weight is 471 g/mol. The van der Waals surface area contributed by atoms with Crippen LogP contribution in [0.4, 0.5) is 0 Å². The fraction of sp³-hybridized carbons (Fsp3) is 0. The molecule has 0 aliphatic rings. The number of ether oxygens (including phenoxy) is 2. The van der Waals surface area contributed by atoms with Crippen LogP contribution in [0.15, 0.2) is 133 Å². The summed E-state index contributed by atoms with van der Waals surface area (Å²) in [6, 6.07) is 40.8.